The lowest BCUT2D eigenvalue weighted by Crippen LogP contribution is -2.40. The van der Waals surface area contributed by atoms with Crippen molar-refractivity contribution in [1.29, 1.82) is 0 Å². The lowest BCUT2D eigenvalue weighted by Gasteiger charge is -2.29. The maximum Gasteiger partial charge on any atom is 0.0251 e. The van der Waals surface area contributed by atoms with E-state index in [1.807, 2.05) is 11.8 Å². The second-order valence-electron chi connectivity index (χ2n) is 3.20. The highest BCUT2D eigenvalue weighted by Crippen LogP contribution is 2.26. The van der Waals surface area contributed by atoms with Crippen LogP contribution in [-0.2, 0) is 0 Å². The highest BCUT2D eigenvalue weighted by Gasteiger charge is 2.23. The molecular weight excluding hydrogens is 142 g/mol. The largest absolute Gasteiger partial charge is 0.326 e. The minimum Gasteiger partial charge on any atom is -0.326 e. The molecule has 0 amide bonds. The van der Waals surface area contributed by atoms with Crippen LogP contribution in [0.25, 0.3) is 0 Å². The Bertz CT molecular complexity index is 91.3. The quantitative estimate of drug-likeness (QED) is 0.684. The Hall–Kier alpha value is 0.310. The molecule has 0 aromatic rings. The monoisotopic (exact) mass is 161 g/mol. The zero-order valence-corrected chi connectivity index (χ0v) is 8.29. The molecule has 0 aliphatic rings. The van der Waals surface area contributed by atoms with Crippen molar-refractivity contribution in [2.45, 2.75) is 44.4 Å². The summed E-state index contributed by atoms with van der Waals surface area (Å²) in [5, 5.41) is 0. The van der Waals surface area contributed by atoms with Gasteiger partial charge in [0.2, 0.25) is 0 Å². The standard InChI is InChI=1S/C8H19NS/c1-5-6-7(9)8(2,3)10-4/h7H,5-6,9H2,1-4H3. The van der Waals surface area contributed by atoms with E-state index in [-0.39, 0.29) is 4.75 Å². The van der Waals surface area contributed by atoms with Crippen molar-refractivity contribution >= 4 is 11.8 Å². The third-order valence-corrected chi connectivity index (χ3v) is 3.37. The van der Waals surface area contributed by atoms with E-state index >= 15 is 0 Å². The first-order valence-electron chi connectivity index (χ1n) is 3.85. The van der Waals surface area contributed by atoms with Crippen LogP contribution < -0.4 is 5.73 Å². The van der Waals surface area contributed by atoms with Gasteiger partial charge in [-0.1, -0.05) is 13.3 Å². The Balaban J connectivity index is 3.78. The summed E-state index contributed by atoms with van der Waals surface area (Å²) >= 11 is 1.85. The minimum absolute atomic E-state index is 0.246. The molecule has 2 heteroatoms. The second kappa shape index (κ2) is 4.24. The molecule has 0 aromatic carbocycles. The second-order valence-corrected chi connectivity index (χ2v) is 4.66. The van der Waals surface area contributed by atoms with Gasteiger partial charge < -0.3 is 5.73 Å². The number of nitrogens with two attached hydrogens (primary N) is 1. The van der Waals surface area contributed by atoms with E-state index in [1.165, 1.54) is 6.42 Å². The van der Waals surface area contributed by atoms with E-state index in [1.54, 1.807) is 0 Å². The van der Waals surface area contributed by atoms with Crippen molar-refractivity contribution in [2.75, 3.05) is 6.26 Å². The van der Waals surface area contributed by atoms with E-state index in [9.17, 15) is 0 Å². The van der Waals surface area contributed by atoms with Crippen molar-refractivity contribution in [3.05, 3.63) is 0 Å². The van der Waals surface area contributed by atoms with Crippen LogP contribution in [0.1, 0.15) is 33.6 Å². The molecule has 0 rings (SSSR count). The zero-order chi connectivity index (χ0) is 8.20. The fraction of sp³-hybridized carbons (Fsp3) is 1.00. The van der Waals surface area contributed by atoms with Gasteiger partial charge in [0, 0.05) is 10.8 Å². The molecule has 0 aromatic heterocycles. The van der Waals surface area contributed by atoms with Crippen molar-refractivity contribution in [3.63, 3.8) is 0 Å². The topological polar surface area (TPSA) is 26.0 Å². The van der Waals surface area contributed by atoms with Crippen molar-refractivity contribution in [2.24, 2.45) is 5.73 Å². The van der Waals surface area contributed by atoms with Crippen molar-refractivity contribution in [3.8, 4) is 0 Å². The smallest absolute Gasteiger partial charge is 0.0251 e. The summed E-state index contributed by atoms with van der Waals surface area (Å²) in [5.41, 5.74) is 5.95. The van der Waals surface area contributed by atoms with Crippen LogP contribution in [0.2, 0.25) is 0 Å². The van der Waals surface area contributed by atoms with Crippen LogP contribution in [0, 0.1) is 0 Å². The fourth-order valence-electron chi connectivity index (χ4n) is 0.810. The molecule has 2 N–H and O–H groups in total. The molecule has 0 saturated carbocycles. The third kappa shape index (κ3) is 2.93. The molecule has 1 atom stereocenters. The molecule has 62 valence electrons. The van der Waals surface area contributed by atoms with Crippen LogP contribution in [0.3, 0.4) is 0 Å². The number of thioether (sulfide) groups is 1. The fourth-order valence-corrected chi connectivity index (χ4v) is 1.23. The summed E-state index contributed by atoms with van der Waals surface area (Å²) < 4.78 is 0.246. The molecule has 0 heterocycles. The van der Waals surface area contributed by atoms with Crippen LogP contribution in [0.15, 0.2) is 0 Å². The highest BCUT2D eigenvalue weighted by atomic mass is 32.2. The zero-order valence-electron chi connectivity index (χ0n) is 7.48. The number of hydrogen-bond donors (Lipinski definition) is 1. The predicted octanol–water partition coefficient (Wildman–Crippen LogP) is 2.26. The first-order valence-corrected chi connectivity index (χ1v) is 5.07. The van der Waals surface area contributed by atoms with Crippen molar-refractivity contribution < 1.29 is 0 Å². The lowest BCUT2D eigenvalue weighted by molar-refractivity contribution is 0.499. The molecule has 0 spiro atoms. The van der Waals surface area contributed by atoms with E-state index in [0.717, 1.165) is 6.42 Å². The van der Waals surface area contributed by atoms with Gasteiger partial charge in [0.15, 0.2) is 0 Å². The summed E-state index contributed by atoms with van der Waals surface area (Å²) in [4.78, 5) is 0. The van der Waals surface area contributed by atoms with Crippen LogP contribution in [0.4, 0.5) is 0 Å². The number of rotatable bonds is 4. The van der Waals surface area contributed by atoms with Gasteiger partial charge in [0.1, 0.15) is 0 Å². The van der Waals surface area contributed by atoms with Gasteiger partial charge in [-0.05, 0) is 26.5 Å². The predicted molar refractivity (Wildman–Crippen MR) is 50.5 cm³/mol. The molecule has 1 unspecified atom stereocenters. The minimum atomic E-state index is 0.246. The molecule has 10 heavy (non-hydrogen) atoms. The average Bonchev–Trinajstić information content (AvgIpc) is 1.89. The Morgan fingerprint density at radius 2 is 2.00 bits per heavy atom. The lowest BCUT2D eigenvalue weighted by atomic mass is 10.00. The van der Waals surface area contributed by atoms with Crippen LogP contribution >= 0.6 is 11.8 Å². The third-order valence-electron chi connectivity index (χ3n) is 2.02. The maximum absolute atomic E-state index is 5.95. The van der Waals surface area contributed by atoms with Gasteiger partial charge in [-0.15, -0.1) is 0 Å². The maximum atomic E-state index is 5.95. The molecule has 0 aliphatic carbocycles. The molecule has 0 aliphatic heterocycles. The van der Waals surface area contributed by atoms with Gasteiger partial charge in [-0.2, -0.15) is 11.8 Å². The summed E-state index contributed by atoms with van der Waals surface area (Å²) in [6, 6.07) is 0.340. The average molecular weight is 161 g/mol. The Morgan fingerprint density at radius 3 is 2.30 bits per heavy atom. The summed E-state index contributed by atoms with van der Waals surface area (Å²) in [6.07, 6.45) is 4.44. The first-order chi connectivity index (χ1) is 4.54. The van der Waals surface area contributed by atoms with E-state index in [2.05, 4.69) is 27.0 Å². The van der Waals surface area contributed by atoms with Crippen LogP contribution in [0.5, 0.6) is 0 Å². The van der Waals surface area contributed by atoms with Gasteiger partial charge in [-0.25, -0.2) is 0 Å². The summed E-state index contributed by atoms with van der Waals surface area (Å²) in [6.45, 7) is 6.59. The summed E-state index contributed by atoms with van der Waals surface area (Å²) in [5.74, 6) is 0. The Labute approximate surface area is 68.8 Å². The Morgan fingerprint density at radius 1 is 1.50 bits per heavy atom. The van der Waals surface area contributed by atoms with Gasteiger partial charge >= 0.3 is 0 Å². The molecule has 0 bridgehead atoms. The van der Waals surface area contributed by atoms with Gasteiger partial charge in [0.25, 0.3) is 0 Å². The molecule has 0 fully saturated rings. The van der Waals surface area contributed by atoms with Gasteiger partial charge in [-0.3, -0.25) is 0 Å². The van der Waals surface area contributed by atoms with E-state index < -0.39 is 0 Å². The van der Waals surface area contributed by atoms with E-state index in [0.29, 0.717) is 6.04 Å². The normalized spacial score (nSPS) is 15.3. The van der Waals surface area contributed by atoms with Crippen molar-refractivity contribution in [1.82, 2.24) is 0 Å². The molecule has 0 radical (unpaired) electrons. The van der Waals surface area contributed by atoms with Gasteiger partial charge in [0.05, 0.1) is 0 Å². The highest BCUT2D eigenvalue weighted by molar-refractivity contribution is 8.00. The molecule has 0 saturated heterocycles. The SMILES string of the molecule is CCCC(N)C(C)(C)SC. The number of hydrogen-bond acceptors (Lipinski definition) is 2. The molecular formula is C8H19NS. The van der Waals surface area contributed by atoms with E-state index in [4.69, 9.17) is 5.73 Å². The summed E-state index contributed by atoms with van der Waals surface area (Å²) in [7, 11) is 0. The van der Waals surface area contributed by atoms with Crippen LogP contribution in [-0.4, -0.2) is 17.0 Å². The Kier molecular flexibility index (Phi) is 4.37. The first kappa shape index (κ1) is 10.3. The molecule has 1 nitrogen and oxygen atoms in total.